The number of carboxylic acids is 1. The van der Waals surface area contributed by atoms with Crippen molar-refractivity contribution in [2.75, 3.05) is 0 Å². The minimum absolute atomic E-state index is 0.201. The van der Waals surface area contributed by atoms with Gasteiger partial charge in [-0.3, -0.25) is 0 Å². The first-order valence-electron chi connectivity index (χ1n) is 5.17. The second-order valence-corrected chi connectivity index (χ2v) is 4.39. The third kappa shape index (κ3) is 3.70. The molecule has 0 heterocycles. The van der Waals surface area contributed by atoms with Crippen molar-refractivity contribution < 1.29 is 9.90 Å². The highest BCUT2D eigenvalue weighted by molar-refractivity contribution is 6.31. The van der Waals surface area contributed by atoms with Gasteiger partial charge in [0.1, 0.15) is 0 Å². The normalized spacial score (nSPS) is 11.9. The van der Waals surface area contributed by atoms with Crippen molar-refractivity contribution in [1.29, 1.82) is 0 Å². The summed E-state index contributed by atoms with van der Waals surface area (Å²) in [5.74, 6) is -0.705. The summed E-state index contributed by atoms with van der Waals surface area (Å²) in [6.07, 6.45) is 1.86. The third-order valence-electron chi connectivity index (χ3n) is 2.40. The van der Waals surface area contributed by atoms with E-state index in [0.717, 1.165) is 11.1 Å². The van der Waals surface area contributed by atoms with Gasteiger partial charge in [-0.2, -0.15) is 0 Å². The van der Waals surface area contributed by atoms with Crippen molar-refractivity contribution in [3.05, 3.63) is 46.5 Å². The van der Waals surface area contributed by atoms with E-state index in [2.05, 4.69) is 0 Å². The molecule has 0 radical (unpaired) electrons. The molecular weight excluding hydrogens is 224 g/mol. The van der Waals surface area contributed by atoms with Crippen LogP contribution < -0.4 is 0 Å². The van der Waals surface area contributed by atoms with Crippen LogP contribution in [0.3, 0.4) is 0 Å². The Morgan fingerprint density at radius 1 is 1.44 bits per heavy atom. The second kappa shape index (κ2) is 5.71. The summed E-state index contributed by atoms with van der Waals surface area (Å²) in [7, 11) is 0. The van der Waals surface area contributed by atoms with Gasteiger partial charge in [-0.15, -0.1) is 0 Å². The smallest absolute Gasteiger partial charge is 0.328 e. The molecule has 0 aliphatic carbocycles. The summed E-state index contributed by atoms with van der Waals surface area (Å²) in [5, 5.41) is 9.45. The van der Waals surface area contributed by atoms with Crippen LogP contribution in [0.1, 0.15) is 19.4 Å². The maximum atomic E-state index is 10.7. The van der Waals surface area contributed by atoms with E-state index in [1.165, 1.54) is 6.08 Å². The van der Waals surface area contributed by atoms with Crippen LogP contribution in [0, 0.1) is 5.92 Å². The van der Waals surface area contributed by atoms with Crippen molar-refractivity contribution in [1.82, 2.24) is 0 Å². The van der Waals surface area contributed by atoms with E-state index in [1.807, 2.05) is 38.1 Å². The highest BCUT2D eigenvalue weighted by Gasteiger charge is 2.08. The third-order valence-corrected chi connectivity index (χ3v) is 2.77. The van der Waals surface area contributed by atoms with Gasteiger partial charge in [-0.25, -0.2) is 4.79 Å². The van der Waals surface area contributed by atoms with Crippen LogP contribution >= 0.6 is 11.6 Å². The number of allylic oxidation sites excluding steroid dienone is 1. The predicted molar refractivity (Wildman–Crippen MR) is 65.7 cm³/mol. The molecule has 0 unspecified atom stereocenters. The molecule has 1 rings (SSSR count). The van der Waals surface area contributed by atoms with Gasteiger partial charge in [0.05, 0.1) is 0 Å². The maximum Gasteiger partial charge on any atom is 0.328 e. The monoisotopic (exact) mass is 238 g/mol. The first kappa shape index (κ1) is 12.8. The number of rotatable bonds is 4. The van der Waals surface area contributed by atoms with E-state index in [9.17, 15) is 4.79 Å². The average Bonchev–Trinajstić information content (AvgIpc) is 2.19. The molecule has 0 saturated carbocycles. The van der Waals surface area contributed by atoms with Crippen LogP contribution in [0.4, 0.5) is 0 Å². The number of aliphatic carboxylic acids is 1. The largest absolute Gasteiger partial charge is 0.478 e. The van der Waals surface area contributed by atoms with Crippen LogP contribution in [0.15, 0.2) is 35.9 Å². The zero-order chi connectivity index (χ0) is 12.1. The second-order valence-electron chi connectivity index (χ2n) is 3.98. The van der Waals surface area contributed by atoms with Gasteiger partial charge in [0.15, 0.2) is 0 Å². The van der Waals surface area contributed by atoms with Gasteiger partial charge >= 0.3 is 5.97 Å². The topological polar surface area (TPSA) is 37.3 Å². The molecule has 1 aromatic rings. The lowest BCUT2D eigenvalue weighted by molar-refractivity contribution is -0.131. The molecule has 0 fully saturated rings. The van der Waals surface area contributed by atoms with Gasteiger partial charge < -0.3 is 5.11 Å². The Bertz CT molecular complexity index is 408. The standard InChI is InChI=1S/C13H15ClO2/c1-9(2)11(8-13(15)16)7-10-5-3-4-6-12(10)14/h3-6,8-9H,7H2,1-2H3,(H,15,16)/b11-8-. The molecule has 0 bridgehead atoms. The molecule has 2 nitrogen and oxygen atoms in total. The number of benzene rings is 1. The van der Waals surface area contributed by atoms with Crippen LogP contribution in [0.5, 0.6) is 0 Å². The number of halogens is 1. The first-order chi connectivity index (χ1) is 7.50. The summed E-state index contributed by atoms with van der Waals surface area (Å²) in [5.41, 5.74) is 1.84. The molecule has 1 aromatic carbocycles. The van der Waals surface area contributed by atoms with Gasteiger partial charge in [0.2, 0.25) is 0 Å². The highest BCUT2D eigenvalue weighted by Crippen LogP contribution is 2.22. The zero-order valence-corrected chi connectivity index (χ0v) is 10.2. The van der Waals surface area contributed by atoms with E-state index in [4.69, 9.17) is 16.7 Å². The molecule has 1 N–H and O–H groups in total. The summed E-state index contributed by atoms with van der Waals surface area (Å²) in [6, 6.07) is 7.50. The summed E-state index contributed by atoms with van der Waals surface area (Å²) in [6.45, 7) is 3.96. The van der Waals surface area contributed by atoms with Crippen molar-refractivity contribution in [3.8, 4) is 0 Å². The van der Waals surface area contributed by atoms with Gasteiger partial charge in [-0.1, -0.05) is 49.2 Å². The fourth-order valence-electron chi connectivity index (χ4n) is 1.44. The summed E-state index contributed by atoms with van der Waals surface area (Å²) >= 11 is 6.03. The zero-order valence-electron chi connectivity index (χ0n) is 9.40. The number of hydrogen-bond donors (Lipinski definition) is 1. The maximum absolute atomic E-state index is 10.7. The molecule has 0 aromatic heterocycles. The van der Waals surface area contributed by atoms with Gasteiger partial charge in [0, 0.05) is 11.1 Å². The van der Waals surface area contributed by atoms with E-state index >= 15 is 0 Å². The van der Waals surface area contributed by atoms with Crippen molar-refractivity contribution in [2.24, 2.45) is 5.92 Å². The van der Waals surface area contributed by atoms with Crippen molar-refractivity contribution in [2.45, 2.75) is 20.3 Å². The number of hydrogen-bond acceptors (Lipinski definition) is 1. The van der Waals surface area contributed by atoms with E-state index in [1.54, 1.807) is 0 Å². The Hall–Kier alpha value is -1.28. The van der Waals surface area contributed by atoms with Crippen molar-refractivity contribution >= 4 is 17.6 Å². The Morgan fingerprint density at radius 3 is 2.56 bits per heavy atom. The van der Waals surface area contributed by atoms with E-state index in [-0.39, 0.29) is 5.92 Å². The molecule has 16 heavy (non-hydrogen) atoms. The quantitative estimate of drug-likeness (QED) is 0.815. The molecule has 0 saturated heterocycles. The molecule has 0 aliphatic rings. The SMILES string of the molecule is CC(C)/C(=C\C(=O)O)Cc1ccccc1Cl. The summed E-state index contributed by atoms with van der Waals surface area (Å²) < 4.78 is 0. The lowest BCUT2D eigenvalue weighted by Crippen LogP contribution is -2.03. The average molecular weight is 239 g/mol. The minimum atomic E-state index is -0.907. The highest BCUT2D eigenvalue weighted by atomic mass is 35.5. The Morgan fingerprint density at radius 2 is 2.06 bits per heavy atom. The van der Waals surface area contributed by atoms with E-state index in [0.29, 0.717) is 11.4 Å². The minimum Gasteiger partial charge on any atom is -0.478 e. The molecule has 0 aliphatic heterocycles. The lowest BCUT2D eigenvalue weighted by atomic mass is 9.95. The van der Waals surface area contributed by atoms with Gasteiger partial charge in [-0.05, 0) is 24.0 Å². The number of carboxylic acid groups (broad SMARTS) is 1. The fourth-order valence-corrected chi connectivity index (χ4v) is 1.64. The fraction of sp³-hybridized carbons (Fsp3) is 0.308. The molecule has 0 atom stereocenters. The lowest BCUT2D eigenvalue weighted by Gasteiger charge is -2.11. The molecule has 3 heteroatoms. The van der Waals surface area contributed by atoms with Crippen LogP contribution in [0.2, 0.25) is 5.02 Å². The number of carbonyl (C=O) groups is 1. The van der Waals surface area contributed by atoms with E-state index < -0.39 is 5.97 Å². The van der Waals surface area contributed by atoms with Crippen LogP contribution in [-0.2, 0) is 11.2 Å². The Kier molecular flexibility index (Phi) is 4.56. The summed E-state index contributed by atoms with van der Waals surface area (Å²) in [4.78, 5) is 10.7. The predicted octanol–water partition coefficient (Wildman–Crippen LogP) is 3.55. The molecule has 86 valence electrons. The Balaban J connectivity index is 2.93. The molecular formula is C13H15ClO2. The van der Waals surface area contributed by atoms with Crippen molar-refractivity contribution in [3.63, 3.8) is 0 Å². The molecule has 0 amide bonds. The van der Waals surface area contributed by atoms with Gasteiger partial charge in [0.25, 0.3) is 0 Å². The first-order valence-corrected chi connectivity index (χ1v) is 5.55. The Labute approximate surface area is 101 Å². The molecule has 0 spiro atoms. The van der Waals surface area contributed by atoms with Crippen LogP contribution in [-0.4, -0.2) is 11.1 Å². The van der Waals surface area contributed by atoms with Crippen LogP contribution in [0.25, 0.3) is 0 Å².